The molecule has 5 nitrogen and oxygen atoms in total. The number of hydrogen-bond donors (Lipinski definition) is 1. The molecular weight excluding hydrogens is 411 g/mol. The summed E-state index contributed by atoms with van der Waals surface area (Å²) in [6.07, 6.45) is -4.00. The molecule has 0 saturated heterocycles. The molecule has 0 saturated carbocycles. The van der Waals surface area contributed by atoms with E-state index in [2.05, 4.69) is 5.32 Å². The molecule has 0 fully saturated rings. The van der Waals surface area contributed by atoms with Crippen molar-refractivity contribution >= 4 is 11.7 Å². The highest BCUT2D eigenvalue weighted by atomic mass is 19.4. The lowest BCUT2D eigenvalue weighted by Gasteiger charge is -2.22. The fourth-order valence-electron chi connectivity index (χ4n) is 3.07. The third-order valence-corrected chi connectivity index (χ3v) is 4.59. The standard InChI is InChI=1S/C23H26F3NO4/c1-14(2)10-19(17-6-5-7-18(11-17)23(24,25)26)27-22(29)13-31-20-9-8-16(15(3)28)12-21(20)30-4/h5-9,11-12,14,19H,10,13H2,1-4H3,(H,27,29). The van der Waals surface area contributed by atoms with Crippen molar-refractivity contribution in [2.75, 3.05) is 13.7 Å². The summed E-state index contributed by atoms with van der Waals surface area (Å²) in [5.41, 5.74) is 0.0509. The van der Waals surface area contributed by atoms with Crippen LogP contribution in [0.15, 0.2) is 42.5 Å². The highest BCUT2D eigenvalue weighted by molar-refractivity contribution is 5.94. The number of nitrogens with one attached hydrogen (secondary N) is 1. The number of amides is 1. The van der Waals surface area contributed by atoms with Gasteiger partial charge in [-0.25, -0.2) is 0 Å². The van der Waals surface area contributed by atoms with E-state index in [9.17, 15) is 22.8 Å². The molecule has 0 bridgehead atoms. The highest BCUT2D eigenvalue weighted by Crippen LogP contribution is 2.32. The maximum absolute atomic E-state index is 13.1. The van der Waals surface area contributed by atoms with Crippen molar-refractivity contribution in [3.8, 4) is 11.5 Å². The van der Waals surface area contributed by atoms with E-state index in [-0.39, 0.29) is 24.1 Å². The van der Waals surface area contributed by atoms with Crippen LogP contribution in [-0.4, -0.2) is 25.4 Å². The van der Waals surface area contributed by atoms with E-state index in [1.165, 1.54) is 32.2 Å². The molecule has 168 valence electrons. The molecule has 0 aliphatic carbocycles. The quantitative estimate of drug-likeness (QED) is 0.548. The molecule has 0 heterocycles. The van der Waals surface area contributed by atoms with Crippen LogP contribution in [0.25, 0.3) is 0 Å². The second-order valence-corrected chi connectivity index (χ2v) is 7.58. The van der Waals surface area contributed by atoms with Gasteiger partial charge in [-0.2, -0.15) is 13.2 Å². The van der Waals surface area contributed by atoms with Crippen LogP contribution in [0.5, 0.6) is 11.5 Å². The Morgan fingerprint density at radius 2 is 1.77 bits per heavy atom. The summed E-state index contributed by atoms with van der Waals surface area (Å²) in [5, 5.41) is 2.75. The normalized spacial score (nSPS) is 12.4. The zero-order valence-corrected chi connectivity index (χ0v) is 17.9. The zero-order valence-electron chi connectivity index (χ0n) is 17.9. The van der Waals surface area contributed by atoms with Gasteiger partial charge in [0.05, 0.1) is 18.7 Å². The minimum atomic E-state index is -4.46. The van der Waals surface area contributed by atoms with Crippen molar-refractivity contribution in [1.29, 1.82) is 0 Å². The molecule has 2 aromatic carbocycles. The molecule has 0 aliphatic rings. The second-order valence-electron chi connectivity index (χ2n) is 7.58. The van der Waals surface area contributed by atoms with E-state index in [1.54, 1.807) is 12.1 Å². The molecule has 8 heteroatoms. The summed E-state index contributed by atoms with van der Waals surface area (Å²) in [5.74, 6) is 0.0974. The molecule has 1 atom stereocenters. The van der Waals surface area contributed by atoms with Crippen molar-refractivity contribution < 1.29 is 32.2 Å². The van der Waals surface area contributed by atoms with Gasteiger partial charge in [0.25, 0.3) is 5.91 Å². The van der Waals surface area contributed by atoms with Crippen molar-refractivity contribution in [2.24, 2.45) is 5.92 Å². The summed E-state index contributed by atoms with van der Waals surface area (Å²) < 4.78 is 49.9. The number of alkyl halides is 3. The predicted molar refractivity (Wildman–Crippen MR) is 110 cm³/mol. The largest absolute Gasteiger partial charge is 0.493 e. The molecule has 2 aromatic rings. The van der Waals surface area contributed by atoms with Gasteiger partial charge in [-0.15, -0.1) is 0 Å². The number of hydrogen-bond acceptors (Lipinski definition) is 4. The number of benzene rings is 2. The monoisotopic (exact) mass is 437 g/mol. The fourth-order valence-corrected chi connectivity index (χ4v) is 3.07. The van der Waals surface area contributed by atoms with Gasteiger partial charge < -0.3 is 14.8 Å². The Balaban J connectivity index is 2.13. The topological polar surface area (TPSA) is 64.6 Å². The molecule has 1 unspecified atom stereocenters. The van der Waals surface area contributed by atoms with Crippen LogP contribution in [0.1, 0.15) is 54.7 Å². The smallest absolute Gasteiger partial charge is 0.416 e. The molecule has 0 spiro atoms. The highest BCUT2D eigenvalue weighted by Gasteiger charge is 2.31. The van der Waals surface area contributed by atoms with Crippen LogP contribution in [0.4, 0.5) is 13.2 Å². The number of carbonyl (C=O) groups excluding carboxylic acids is 2. The lowest BCUT2D eigenvalue weighted by atomic mass is 9.95. The fraction of sp³-hybridized carbons (Fsp3) is 0.391. The summed E-state index contributed by atoms with van der Waals surface area (Å²) in [6, 6.07) is 8.95. The third-order valence-electron chi connectivity index (χ3n) is 4.59. The van der Waals surface area contributed by atoms with Gasteiger partial charge in [-0.3, -0.25) is 9.59 Å². The molecule has 0 aromatic heterocycles. The number of rotatable bonds is 9. The number of ketones is 1. The summed E-state index contributed by atoms with van der Waals surface area (Å²) in [4.78, 5) is 24.0. The van der Waals surface area contributed by atoms with E-state index in [1.807, 2.05) is 13.8 Å². The van der Waals surface area contributed by atoms with E-state index in [4.69, 9.17) is 9.47 Å². The van der Waals surface area contributed by atoms with E-state index >= 15 is 0 Å². The van der Waals surface area contributed by atoms with Crippen LogP contribution in [0.2, 0.25) is 0 Å². The molecule has 1 amide bonds. The lowest BCUT2D eigenvalue weighted by Crippen LogP contribution is -2.33. The van der Waals surface area contributed by atoms with Crippen LogP contribution in [0, 0.1) is 5.92 Å². The maximum atomic E-state index is 13.1. The van der Waals surface area contributed by atoms with Crippen LogP contribution in [-0.2, 0) is 11.0 Å². The van der Waals surface area contributed by atoms with Gasteiger partial charge in [0.2, 0.25) is 0 Å². The molecule has 1 N–H and O–H groups in total. The first-order chi connectivity index (χ1) is 14.5. The molecular formula is C23H26F3NO4. The average molecular weight is 437 g/mol. The van der Waals surface area contributed by atoms with Crippen molar-refractivity contribution in [3.05, 3.63) is 59.2 Å². The second kappa shape index (κ2) is 10.3. The Bertz CT molecular complexity index is 925. The number of carbonyl (C=O) groups is 2. The lowest BCUT2D eigenvalue weighted by molar-refractivity contribution is -0.137. The van der Waals surface area contributed by atoms with Gasteiger partial charge in [-0.05, 0) is 55.2 Å². The predicted octanol–water partition coefficient (Wildman–Crippen LogP) is 5.20. The Morgan fingerprint density at radius 3 is 2.35 bits per heavy atom. The number of Topliss-reactive ketones (excluding diaryl/α,β-unsaturated/α-hetero) is 1. The van der Waals surface area contributed by atoms with E-state index in [0.717, 1.165) is 12.1 Å². The zero-order chi connectivity index (χ0) is 23.2. The van der Waals surface area contributed by atoms with Gasteiger partial charge in [-0.1, -0.05) is 26.0 Å². The Morgan fingerprint density at radius 1 is 1.06 bits per heavy atom. The molecule has 2 rings (SSSR count). The third kappa shape index (κ3) is 7.01. The molecule has 31 heavy (non-hydrogen) atoms. The minimum absolute atomic E-state index is 0.139. The summed E-state index contributed by atoms with van der Waals surface area (Å²) in [6.45, 7) is 4.91. The van der Waals surface area contributed by atoms with Crippen LogP contribution < -0.4 is 14.8 Å². The molecule has 0 radical (unpaired) electrons. The average Bonchev–Trinajstić information content (AvgIpc) is 2.70. The van der Waals surface area contributed by atoms with Gasteiger partial charge in [0, 0.05) is 5.56 Å². The van der Waals surface area contributed by atoms with Crippen LogP contribution >= 0.6 is 0 Å². The summed E-state index contributed by atoms with van der Waals surface area (Å²) >= 11 is 0. The SMILES string of the molecule is COc1cc(C(C)=O)ccc1OCC(=O)NC(CC(C)C)c1cccc(C(F)(F)F)c1. The first-order valence-corrected chi connectivity index (χ1v) is 9.79. The minimum Gasteiger partial charge on any atom is -0.493 e. The summed E-state index contributed by atoms with van der Waals surface area (Å²) in [7, 11) is 1.42. The van der Waals surface area contributed by atoms with Gasteiger partial charge >= 0.3 is 6.18 Å². The number of halogens is 3. The Hall–Kier alpha value is -3.03. The Labute approximate surface area is 179 Å². The van der Waals surface area contributed by atoms with Gasteiger partial charge in [0.15, 0.2) is 23.9 Å². The number of methoxy groups -OCH3 is 1. The Kier molecular flexibility index (Phi) is 8.08. The van der Waals surface area contributed by atoms with Crippen molar-refractivity contribution in [3.63, 3.8) is 0 Å². The van der Waals surface area contributed by atoms with E-state index < -0.39 is 23.7 Å². The molecule has 0 aliphatic heterocycles. The maximum Gasteiger partial charge on any atom is 0.416 e. The first-order valence-electron chi connectivity index (χ1n) is 9.79. The first kappa shape index (κ1) is 24.2. The van der Waals surface area contributed by atoms with Crippen LogP contribution in [0.3, 0.4) is 0 Å². The van der Waals surface area contributed by atoms with E-state index in [0.29, 0.717) is 23.3 Å². The number of ether oxygens (including phenoxy) is 2. The van der Waals surface area contributed by atoms with Gasteiger partial charge in [0.1, 0.15) is 0 Å². The van der Waals surface area contributed by atoms with Crippen molar-refractivity contribution in [1.82, 2.24) is 5.32 Å². The van der Waals surface area contributed by atoms with Crippen molar-refractivity contribution in [2.45, 2.75) is 39.4 Å².